The summed E-state index contributed by atoms with van der Waals surface area (Å²) in [5, 5.41) is 0. The number of nitrogen functional groups attached to an aromatic ring is 1. The number of hydrazine groups is 1. The van der Waals surface area contributed by atoms with Crippen LogP contribution in [0.1, 0.15) is 30.0 Å². The molecule has 3 rings (SSSR count). The molecule has 5 heteroatoms. The summed E-state index contributed by atoms with van der Waals surface area (Å²) in [6.45, 7) is 0. The van der Waals surface area contributed by atoms with Gasteiger partial charge in [-0.25, -0.2) is 9.82 Å². The topological polar surface area (TPSA) is 73.3 Å². The summed E-state index contributed by atoms with van der Waals surface area (Å²) in [7, 11) is 0. The number of nitrogens with two attached hydrogens (primary N) is 2. The van der Waals surface area contributed by atoms with Crippen LogP contribution in [0, 0.1) is 5.82 Å². The van der Waals surface area contributed by atoms with Crippen LogP contribution < -0.4 is 21.7 Å². The predicted octanol–water partition coefficient (Wildman–Crippen LogP) is 2.50. The minimum atomic E-state index is -0.386. The van der Waals surface area contributed by atoms with Gasteiger partial charge in [-0.15, -0.1) is 0 Å². The normalized spacial score (nSPS) is 15.7. The summed E-state index contributed by atoms with van der Waals surface area (Å²) in [4.78, 5) is 0. The Kier molecular flexibility index (Phi) is 3.77. The molecule has 2 aromatic carbocycles. The predicted molar refractivity (Wildman–Crippen MR) is 80.1 cm³/mol. The van der Waals surface area contributed by atoms with E-state index in [0.29, 0.717) is 17.4 Å². The lowest BCUT2D eigenvalue weighted by Gasteiger charge is -2.19. The highest BCUT2D eigenvalue weighted by atomic mass is 19.1. The standard InChI is InChI=1S/C16H18FN3O/c17-11-4-7-15(18)14(9-11)16(20-19)10-2-1-3-13(8-10)21-12-5-6-12/h1-4,7-9,12,16,20H,5-6,18-19H2. The van der Waals surface area contributed by atoms with Gasteiger partial charge in [-0.05, 0) is 48.7 Å². The molecule has 2 aromatic rings. The largest absolute Gasteiger partial charge is 0.490 e. The van der Waals surface area contributed by atoms with Gasteiger partial charge >= 0.3 is 0 Å². The van der Waals surface area contributed by atoms with Crippen LogP contribution in [0.4, 0.5) is 10.1 Å². The molecule has 0 amide bonds. The zero-order valence-corrected chi connectivity index (χ0v) is 11.6. The Balaban J connectivity index is 1.93. The summed E-state index contributed by atoms with van der Waals surface area (Å²) < 4.78 is 19.2. The number of anilines is 1. The molecular weight excluding hydrogens is 269 g/mol. The number of nitrogens with one attached hydrogen (secondary N) is 1. The van der Waals surface area contributed by atoms with Crippen molar-refractivity contribution in [3.63, 3.8) is 0 Å². The molecule has 0 bridgehead atoms. The highest BCUT2D eigenvalue weighted by Crippen LogP contribution is 2.31. The van der Waals surface area contributed by atoms with Crippen molar-refractivity contribution < 1.29 is 9.13 Å². The molecule has 0 aliphatic heterocycles. The van der Waals surface area contributed by atoms with Gasteiger partial charge < -0.3 is 10.5 Å². The summed E-state index contributed by atoms with van der Waals surface area (Å²) in [6, 6.07) is 11.5. The maximum Gasteiger partial charge on any atom is 0.123 e. The Hall–Kier alpha value is -2.11. The van der Waals surface area contributed by atoms with Crippen molar-refractivity contribution in [3.05, 3.63) is 59.4 Å². The molecule has 21 heavy (non-hydrogen) atoms. The number of halogens is 1. The molecular formula is C16H18FN3O. The second-order valence-electron chi connectivity index (χ2n) is 5.26. The third kappa shape index (κ3) is 3.15. The number of ether oxygens (including phenoxy) is 1. The number of hydrogen-bond acceptors (Lipinski definition) is 4. The zero-order chi connectivity index (χ0) is 14.8. The van der Waals surface area contributed by atoms with Crippen LogP contribution in [0.25, 0.3) is 0 Å². The van der Waals surface area contributed by atoms with E-state index in [1.807, 2.05) is 24.3 Å². The monoisotopic (exact) mass is 287 g/mol. The molecule has 0 radical (unpaired) electrons. The zero-order valence-electron chi connectivity index (χ0n) is 11.6. The maximum atomic E-state index is 13.5. The molecule has 1 saturated carbocycles. The van der Waals surface area contributed by atoms with E-state index in [-0.39, 0.29) is 11.9 Å². The van der Waals surface area contributed by atoms with Crippen molar-refractivity contribution in [3.8, 4) is 5.75 Å². The van der Waals surface area contributed by atoms with Crippen molar-refractivity contribution in [1.29, 1.82) is 0 Å². The van der Waals surface area contributed by atoms with E-state index in [9.17, 15) is 4.39 Å². The van der Waals surface area contributed by atoms with Gasteiger partial charge in [0.2, 0.25) is 0 Å². The molecule has 0 aromatic heterocycles. The van der Waals surface area contributed by atoms with E-state index in [4.69, 9.17) is 16.3 Å². The van der Waals surface area contributed by atoms with Gasteiger partial charge in [-0.1, -0.05) is 12.1 Å². The minimum Gasteiger partial charge on any atom is -0.490 e. The van der Waals surface area contributed by atoms with Crippen molar-refractivity contribution in [2.45, 2.75) is 25.0 Å². The molecule has 4 nitrogen and oxygen atoms in total. The first kappa shape index (κ1) is 13.9. The summed E-state index contributed by atoms with van der Waals surface area (Å²) >= 11 is 0. The van der Waals surface area contributed by atoms with E-state index >= 15 is 0 Å². The second-order valence-corrected chi connectivity index (χ2v) is 5.26. The van der Waals surface area contributed by atoms with Crippen LogP contribution in [-0.2, 0) is 0 Å². The first-order valence-electron chi connectivity index (χ1n) is 6.95. The van der Waals surface area contributed by atoms with Gasteiger partial charge in [0.25, 0.3) is 0 Å². The van der Waals surface area contributed by atoms with E-state index in [1.165, 1.54) is 12.1 Å². The van der Waals surface area contributed by atoms with Crippen LogP contribution in [-0.4, -0.2) is 6.10 Å². The van der Waals surface area contributed by atoms with E-state index in [0.717, 1.165) is 24.2 Å². The SMILES string of the molecule is NNC(c1cccc(OC2CC2)c1)c1cc(F)ccc1N. The lowest BCUT2D eigenvalue weighted by atomic mass is 9.97. The number of rotatable bonds is 5. The minimum absolute atomic E-state index is 0.323. The lowest BCUT2D eigenvalue weighted by molar-refractivity contribution is 0.302. The highest BCUT2D eigenvalue weighted by Gasteiger charge is 2.24. The summed E-state index contributed by atoms with van der Waals surface area (Å²) in [5.41, 5.74) is 10.6. The number of hydrogen-bond donors (Lipinski definition) is 3. The molecule has 0 saturated heterocycles. The summed E-state index contributed by atoms with van der Waals surface area (Å²) in [6.07, 6.45) is 2.52. The van der Waals surface area contributed by atoms with Crippen molar-refractivity contribution >= 4 is 5.69 Å². The van der Waals surface area contributed by atoms with Gasteiger partial charge in [0.15, 0.2) is 0 Å². The molecule has 110 valence electrons. The van der Waals surface area contributed by atoms with Crippen LogP contribution in [0.2, 0.25) is 0 Å². The van der Waals surface area contributed by atoms with Gasteiger partial charge in [-0.3, -0.25) is 5.84 Å². The summed E-state index contributed by atoms with van der Waals surface area (Å²) in [5.74, 6) is 6.10. The Bertz CT molecular complexity index is 643. The van der Waals surface area contributed by atoms with E-state index < -0.39 is 0 Å². The molecule has 1 aliphatic rings. The van der Waals surface area contributed by atoms with Crippen LogP contribution >= 0.6 is 0 Å². The van der Waals surface area contributed by atoms with E-state index in [1.54, 1.807) is 6.07 Å². The Labute approximate surface area is 122 Å². The fourth-order valence-corrected chi connectivity index (χ4v) is 2.31. The third-order valence-corrected chi connectivity index (χ3v) is 3.55. The second kappa shape index (κ2) is 5.71. The van der Waals surface area contributed by atoms with Crippen molar-refractivity contribution in [1.82, 2.24) is 5.43 Å². The molecule has 0 heterocycles. The molecule has 1 unspecified atom stereocenters. The van der Waals surface area contributed by atoms with Gasteiger partial charge in [0, 0.05) is 11.3 Å². The van der Waals surface area contributed by atoms with Crippen LogP contribution in [0.5, 0.6) is 5.75 Å². The average Bonchev–Trinajstić information content (AvgIpc) is 3.28. The first-order chi connectivity index (χ1) is 10.2. The number of benzene rings is 2. The smallest absolute Gasteiger partial charge is 0.123 e. The van der Waals surface area contributed by atoms with Crippen molar-refractivity contribution in [2.75, 3.05) is 5.73 Å². The molecule has 5 N–H and O–H groups in total. The van der Waals surface area contributed by atoms with Gasteiger partial charge in [0.05, 0.1) is 12.1 Å². The molecule has 1 aliphatic carbocycles. The highest BCUT2D eigenvalue weighted by molar-refractivity contribution is 5.52. The Morgan fingerprint density at radius 1 is 1.19 bits per heavy atom. The Morgan fingerprint density at radius 2 is 2.00 bits per heavy atom. The molecule has 1 fully saturated rings. The van der Waals surface area contributed by atoms with Gasteiger partial charge in [-0.2, -0.15) is 0 Å². The maximum absolute atomic E-state index is 13.5. The molecule has 1 atom stereocenters. The average molecular weight is 287 g/mol. The molecule has 0 spiro atoms. The van der Waals surface area contributed by atoms with Crippen LogP contribution in [0.15, 0.2) is 42.5 Å². The quantitative estimate of drug-likeness (QED) is 0.449. The van der Waals surface area contributed by atoms with E-state index in [2.05, 4.69) is 5.43 Å². The first-order valence-corrected chi connectivity index (χ1v) is 6.95. The van der Waals surface area contributed by atoms with Crippen molar-refractivity contribution in [2.24, 2.45) is 5.84 Å². The fourth-order valence-electron chi connectivity index (χ4n) is 2.31. The Morgan fingerprint density at radius 3 is 2.71 bits per heavy atom. The van der Waals surface area contributed by atoms with Gasteiger partial charge in [0.1, 0.15) is 11.6 Å². The fraction of sp³-hybridized carbons (Fsp3) is 0.250. The van der Waals surface area contributed by atoms with Crippen LogP contribution in [0.3, 0.4) is 0 Å². The third-order valence-electron chi connectivity index (χ3n) is 3.55. The lowest BCUT2D eigenvalue weighted by Crippen LogP contribution is -2.29.